The summed E-state index contributed by atoms with van der Waals surface area (Å²) in [5, 5.41) is 1.98. The number of carbonyl (C=O) groups excluding carboxylic acids is 4. The Morgan fingerprint density at radius 2 is 0.900 bits per heavy atom. The zero-order chi connectivity index (χ0) is 85.0. The van der Waals surface area contributed by atoms with Crippen LogP contribution in [0.3, 0.4) is 0 Å². The molecule has 12 aromatic rings. The van der Waals surface area contributed by atoms with Gasteiger partial charge in [-0.05, 0) is 203 Å². The third-order valence-electron chi connectivity index (χ3n) is 22.0. The van der Waals surface area contributed by atoms with Crippen molar-refractivity contribution < 1.29 is 50.6 Å². The molecule has 9 aromatic heterocycles. The van der Waals surface area contributed by atoms with Gasteiger partial charge in [-0.25, -0.2) is 48.7 Å². The summed E-state index contributed by atoms with van der Waals surface area (Å²) < 4.78 is 86.1. The highest BCUT2D eigenvalue weighted by Gasteiger charge is 2.34. The van der Waals surface area contributed by atoms with Crippen LogP contribution in [0.1, 0.15) is 252 Å². The first-order valence-electron chi connectivity index (χ1n) is 42.5. The zero-order valence-corrected chi connectivity index (χ0v) is 71.2. The number of unbranched alkanes of at least 4 members (excludes halogenated alkanes) is 3. The van der Waals surface area contributed by atoms with Crippen LogP contribution in [0.15, 0.2) is 145 Å². The van der Waals surface area contributed by atoms with Crippen molar-refractivity contribution in [2.24, 2.45) is 11.8 Å². The van der Waals surface area contributed by atoms with E-state index >= 15 is 0 Å². The van der Waals surface area contributed by atoms with Gasteiger partial charge in [0.1, 0.15) is 45.4 Å². The molecular weight excluding hydrogens is 1550 g/mol. The fraction of sp³-hybridized carbons (Fsp3) is 0.457. The molecule has 10 heterocycles. The number of imidazole rings is 4. The van der Waals surface area contributed by atoms with Gasteiger partial charge in [-0.15, -0.1) is 11.3 Å². The van der Waals surface area contributed by atoms with E-state index in [1.54, 1.807) is 40.5 Å². The van der Waals surface area contributed by atoms with Crippen LogP contribution in [0.2, 0.25) is 0 Å². The Morgan fingerprint density at radius 3 is 1.37 bits per heavy atom. The smallest absolute Gasteiger partial charge is 0.416 e. The van der Waals surface area contributed by atoms with E-state index in [1.165, 1.54) is 55.2 Å². The lowest BCUT2D eigenvalue weighted by Crippen LogP contribution is -2.33. The molecule has 2 saturated carbocycles. The number of amides is 4. The number of carbonyl (C=O) groups is 4. The quantitative estimate of drug-likeness (QED) is 0.0291. The Hall–Kier alpha value is -11.0. The maximum Gasteiger partial charge on any atom is 0.416 e. The number of aromatic nitrogens is 12. The summed E-state index contributed by atoms with van der Waals surface area (Å²) in [5.74, 6) is 2.84. The van der Waals surface area contributed by atoms with Gasteiger partial charge < -0.3 is 47.3 Å². The minimum Gasteiger partial charge on any atom is -0.454 e. The Labute approximate surface area is 702 Å². The summed E-state index contributed by atoms with van der Waals surface area (Å²) in [4.78, 5) is 98.4. The molecule has 1 aliphatic heterocycles. The predicted octanol–water partition coefficient (Wildman–Crippen LogP) is 20.8. The Morgan fingerprint density at radius 1 is 0.467 bits per heavy atom. The Bertz CT molecular complexity index is 5430. The SMILES string of the molecule is CC(C)CCN(Cc1nc2cccnc2n1C1CCCC1)C(=O)c1ccc2c(c1)OCO2.CCCCCN(Cc1nc2cccnc2n1C1CCCC1)C(=O)c1ccc(F)c(F)c1.CCCCN(Cc1nc2cccnc2n1CCC)C(=O)c1sccc1C.CCCn1c(CN(CCC(C)C)C(=O)c2cccc(C(F)(F)F)c2)nc2cccnc21. The molecule has 2 fully saturated rings. The average molecular weight is 1660 g/mol. The molecule has 15 rings (SSSR count). The monoisotopic (exact) mass is 1660 g/mol. The van der Waals surface area contributed by atoms with Crippen molar-refractivity contribution in [3.8, 4) is 11.5 Å². The molecule has 0 saturated heterocycles. The molecule has 3 aromatic carbocycles. The summed E-state index contributed by atoms with van der Waals surface area (Å²) in [6.45, 7) is 24.5. The number of hydrogen-bond donors (Lipinski definition) is 0. The molecule has 28 heteroatoms. The van der Waals surface area contributed by atoms with E-state index in [9.17, 15) is 41.1 Å². The summed E-state index contributed by atoms with van der Waals surface area (Å²) in [6, 6.07) is 31.4. The highest BCUT2D eigenvalue weighted by atomic mass is 32.1. The number of alkyl halides is 3. The number of hydrogen-bond acceptors (Lipinski definition) is 15. The van der Waals surface area contributed by atoms with Crippen molar-refractivity contribution in [3.63, 3.8) is 0 Å². The van der Waals surface area contributed by atoms with Gasteiger partial charge in [-0.3, -0.25) is 19.2 Å². The van der Waals surface area contributed by atoms with Gasteiger partial charge in [0, 0.05) is 92.8 Å². The number of rotatable bonds is 31. The van der Waals surface area contributed by atoms with Gasteiger partial charge in [-0.2, -0.15) is 13.2 Å². The van der Waals surface area contributed by atoms with Crippen molar-refractivity contribution in [2.75, 3.05) is 33.0 Å². The lowest BCUT2D eigenvalue weighted by molar-refractivity contribution is -0.137. The summed E-state index contributed by atoms with van der Waals surface area (Å²) in [5.41, 5.74) is 7.77. The van der Waals surface area contributed by atoms with Crippen LogP contribution >= 0.6 is 11.3 Å². The van der Waals surface area contributed by atoms with E-state index in [0.717, 1.165) is 193 Å². The molecule has 2 aliphatic carbocycles. The van der Waals surface area contributed by atoms with Crippen LogP contribution in [0, 0.1) is 30.4 Å². The minimum absolute atomic E-state index is 0.0121. The normalized spacial score (nSPS) is 13.4. The van der Waals surface area contributed by atoms with E-state index in [1.807, 2.05) is 114 Å². The van der Waals surface area contributed by atoms with Gasteiger partial charge in [-0.1, -0.05) is 106 Å². The Balaban J connectivity index is 0.000000147. The predicted molar refractivity (Wildman–Crippen MR) is 457 cm³/mol. The summed E-state index contributed by atoms with van der Waals surface area (Å²) in [6.07, 6.45) is 20.2. The zero-order valence-electron chi connectivity index (χ0n) is 70.4. The number of halogens is 5. The van der Waals surface area contributed by atoms with Crippen LogP contribution in [0.4, 0.5) is 22.0 Å². The molecule has 3 aliphatic rings. The first kappa shape index (κ1) is 88.3. The third-order valence-corrected chi connectivity index (χ3v) is 23.0. The van der Waals surface area contributed by atoms with Crippen LogP contribution in [0.25, 0.3) is 44.7 Å². The molecular formula is C92H111F5N16O6S. The van der Waals surface area contributed by atoms with Crippen LogP contribution in [-0.4, -0.2) is 134 Å². The number of fused-ring (bicyclic) bond motifs is 5. The number of thiophene rings is 1. The first-order valence-corrected chi connectivity index (χ1v) is 43.4. The third kappa shape index (κ3) is 21.9. The summed E-state index contributed by atoms with van der Waals surface area (Å²) >= 11 is 1.52. The fourth-order valence-corrected chi connectivity index (χ4v) is 16.5. The molecule has 0 spiro atoms. The molecule has 0 atom stereocenters. The molecule has 0 bridgehead atoms. The molecule has 22 nitrogen and oxygen atoms in total. The van der Waals surface area contributed by atoms with Gasteiger partial charge in [0.05, 0.1) is 36.6 Å². The maximum absolute atomic E-state index is 13.8. The van der Waals surface area contributed by atoms with Gasteiger partial charge in [0.25, 0.3) is 23.6 Å². The Kier molecular flexibility index (Phi) is 30.7. The van der Waals surface area contributed by atoms with E-state index in [0.29, 0.717) is 92.6 Å². The second kappa shape index (κ2) is 41.8. The standard InChI is InChI=1S/C25H30N4O3.C24H28F2N4O.C23H27F3N4O.C20H26N4OS/c1-17(2)11-13-28(25(30)18-9-10-21-22(14-18)32-16-31-21)15-23-27-20-8-5-12-26-24(20)29(23)19-6-3-4-7-19;1-2-3-6-14-29(24(31)17-11-12-19(25)20(26)15-17)16-22-28-21-10-7-13-27-23(21)30(22)18-8-4-5-9-18;1-4-12-30-20(28-19-9-6-11-27-21(19)30)15-29(13-10-16(2)3)22(31)17-7-5-8-18(14-17)23(24,25)26;1-4-6-12-23(20(25)18-15(3)9-13-26-18)14-17-22-16-8-7-10-21-19(16)24(17)11-5-2/h5,8-10,12,14,17,19H,3-4,6-7,11,13,15-16H2,1-2H3;7,10-13,15,18H,2-6,8-9,14,16H2,1H3;5-9,11,14,16H,4,10,12-13,15H2,1-3H3;7-10,13H,4-6,11-12,14H2,1-3H3. The number of aryl methyl sites for hydroxylation is 3. The second-order valence-corrected chi connectivity index (χ2v) is 32.9. The lowest BCUT2D eigenvalue weighted by Gasteiger charge is -2.25. The highest BCUT2D eigenvalue weighted by Crippen LogP contribution is 2.38. The summed E-state index contributed by atoms with van der Waals surface area (Å²) in [7, 11) is 0. The van der Waals surface area contributed by atoms with E-state index in [-0.39, 0.29) is 42.2 Å². The van der Waals surface area contributed by atoms with Crippen LogP contribution in [0.5, 0.6) is 11.5 Å². The number of ether oxygens (including phenoxy) is 2. The molecule has 0 N–H and O–H groups in total. The molecule has 636 valence electrons. The minimum atomic E-state index is -4.50. The topological polar surface area (TPSA) is 223 Å². The number of benzene rings is 3. The van der Waals surface area contributed by atoms with E-state index in [4.69, 9.17) is 24.4 Å². The first-order chi connectivity index (χ1) is 58.0. The molecule has 120 heavy (non-hydrogen) atoms. The van der Waals surface area contributed by atoms with Gasteiger partial charge in [0.15, 0.2) is 45.7 Å². The van der Waals surface area contributed by atoms with Crippen molar-refractivity contribution in [1.82, 2.24) is 77.7 Å². The van der Waals surface area contributed by atoms with Gasteiger partial charge in [0.2, 0.25) is 6.79 Å². The van der Waals surface area contributed by atoms with Crippen LogP contribution < -0.4 is 9.47 Å². The van der Waals surface area contributed by atoms with Crippen molar-refractivity contribution >= 4 is 79.6 Å². The lowest BCUT2D eigenvalue weighted by atomic mass is 10.1. The molecule has 0 unspecified atom stereocenters. The maximum atomic E-state index is 13.8. The van der Waals surface area contributed by atoms with Crippen molar-refractivity contribution in [1.29, 1.82) is 0 Å². The van der Waals surface area contributed by atoms with Gasteiger partial charge >= 0.3 is 6.18 Å². The van der Waals surface area contributed by atoms with Crippen molar-refractivity contribution in [2.45, 2.75) is 229 Å². The van der Waals surface area contributed by atoms with E-state index in [2.05, 4.69) is 73.2 Å². The number of nitrogens with zero attached hydrogens (tertiary/aromatic N) is 16. The van der Waals surface area contributed by atoms with Crippen molar-refractivity contribution in [3.05, 3.63) is 213 Å². The highest BCUT2D eigenvalue weighted by molar-refractivity contribution is 7.12. The van der Waals surface area contributed by atoms with E-state index < -0.39 is 29.3 Å². The largest absolute Gasteiger partial charge is 0.454 e. The second-order valence-electron chi connectivity index (χ2n) is 32.0. The fourth-order valence-electron chi connectivity index (χ4n) is 15.6. The molecule has 4 amide bonds. The number of pyridine rings is 4. The van der Waals surface area contributed by atoms with Crippen LogP contribution in [-0.2, 0) is 45.4 Å². The average Bonchev–Trinajstić information content (AvgIpc) is 1.63. The molecule has 0 radical (unpaired) electrons.